The third-order valence-electron chi connectivity index (χ3n) is 4.68. The van der Waals surface area contributed by atoms with Crippen LogP contribution in [-0.4, -0.2) is 17.1 Å². The molecule has 0 aliphatic carbocycles. The summed E-state index contributed by atoms with van der Waals surface area (Å²) in [5, 5.41) is 8.57. The number of nitrogens with zero attached hydrogens (tertiary/aromatic N) is 1. The maximum atomic E-state index is 11.9. The fraction of sp³-hybridized carbons (Fsp3) is 0.435. The van der Waals surface area contributed by atoms with Crippen molar-refractivity contribution in [1.82, 2.24) is 10.9 Å². The van der Waals surface area contributed by atoms with E-state index in [1.807, 2.05) is 34.5 Å². The highest BCUT2D eigenvalue weighted by molar-refractivity contribution is 5.80. The van der Waals surface area contributed by atoms with Crippen LogP contribution in [-0.2, 0) is 28.6 Å². The van der Waals surface area contributed by atoms with Crippen LogP contribution in [0.2, 0.25) is 0 Å². The average molecular weight is 478 g/mol. The quantitative estimate of drug-likeness (QED) is 0.441. The zero-order chi connectivity index (χ0) is 21.8. The van der Waals surface area contributed by atoms with Crippen molar-refractivity contribution in [3.8, 4) is 0 Å². The van der Waals surface area contributed by atoms with E-state index in [1.54, 1.807) is 0 Å². The molecule has 0 aliphatic heterocycles. The summed E-state index contributed by atoms with van der Waals surface area (Å²) in [5.41, 5.74) is 8.75. The van der Waals surface area contributed by atoms with Gasteiger partial charge in [-0.3, -0.25) is 10.2 Å². The Labute approximate surface area is 189 Å². The minimum atomic E-state index is -1.30. The van der Waals surface area contributed by atoms with Gasteiger partial charge >= 0.3 is 6.09 Å². The van der Waals surface area contributed by atoms with Crippen LogP contribution < -0.4 is 32.4 Å². The number of aromatic nitrogens is 1. The highest BCUT2D eigenvalue weighted by atomic mass is 79.9. The number of amides is 2. The molecule has 0 saturated carbocycles. The maximum absolute atomic E-state index is 11.9. The Bertz CT molecular complexity index is 867. The molecule has 0 saturated heterocycles. The molecular formula is C23H32BrN3O3. The van der Waals surface area contributed by atoms with Gasteiger partial charge in [0.2, 0.25) is 5.91 Å². The lowest BCUT2D eigenvalue weighted by atomic mass is 9.79. The summed E-state index contributed by atoms with van der Waals surface area (Å²) in [7, 11) is 0. The van der Waals surface area contributed by atoms with Crippen LogP contribution in [0.15, 0.2) is 42.7 Å². The van der Waals surface area contributed by atoms with Crippen LogP contribution >= 0.6 is 0 Å². The summed E-state index contributed by atoms with van der Waals surface area (Å²) in [6, 6.07) is 10.5. The Balaban J connectivity index is 0.00000450. The topological polar surface area (TPSA) is 82.3 Å². The van der Waals surface area contributed by atoms with Crippen molar-refractivity contribution in [2.75, 3.05) is 0 Å². The van der Waals surface area contributed by atoms with E-state index in [0.29, 0.717) is 6.54 Å². The highest BCUT2D eigenvalue weighted by Gasteiger charge is 2.21. The Morgan fingerprint density at radius 2 is 1.50 bits per heavy atom. The molecule has 7 heteroatoms. The summed E-state index contributed by atoms with van der Waals surface area (Å²) in [6.45, 7) is 14.0. The standard InChI is InChI=1S/C23H31N3O3.BrH/c1-22(2,3)18-10-17(11-19(13-18)23(4,5)6)15-26-9-7-8-16(14-26)12-20(27)24-25-21(28)29;/h7-11,13-14,25H,12,15H2,1-6H3,(H-,24,27,28,29);1H. The lowest BCUT2D eigenvalue weighted by Gasteiger charge is -2.25. The van der Waals surface area contributed by atoms with E-state index in [9.17, 15) is 9.59 Å². The molecule has 164 valence electrons. The number of nitrogens with one attached hydrogen (secondary N) is 2. The molecule has 3 N–H and O–H groups in total. The van der Waals surface area contributed by atoms with Crippen LogP contribution in [0.4, 0.5) is 4.79 Å². The van der Waals surface area contributed by atoms with E-state index in [2.05, 4.69) is 65.2 Å². The van der Waals surface area contributed by atoms with Gasteiger partial charge in [-0.2, -0.15) is 0 Å². The molecule has 1 aromatic heterocycles. The van der Waals surface area contributed by atoms with Crippen molar-refractivity contribution in [3.05, 3.63) is 65.0 Å². The number of pyridine rings is 1. The van der Waals surface area contributed by atoms with E-state index in [4.69, 9.17) is 5.11 Å². The second kappa shape index (κ2) is 10.1. The van der Waals surface area contributed by atoms with E-state index in [0.717, 1.165) is 5.56 Å². The van der Waals surface area contributed by atoms with Gasteiger partial charge in [0, 0.05) is 17.2 Å². The Hall–Kier alpha value is -2.41. The summed E-state index contributed by atoms with van der Waals surface area (Å²) >= 11 is 0. The van der Waals surface area contributed by atoms with Crippen molar-refractivity contribution >= 4 is 12.0 Å². The monoisotopic (exact) mass is 477 g/mol. The number of benzene rings is 1. The molecule has 0 bridgehead atoms. The molecule has 2 rings (SSSR count). The first kappa shape index (κ1) is 25.6. The largest absolute Gasteiger partial charge is 1.00 e. The number of carboxylic acid groups (broad SMARTS) is 1. The van der Waals surface area contributed by atoms with E-state index in [-0.39, 0.29) is 34.2 Å². The minimum Gasteiger partial charge on any atom is -1.00 e. The molecule has 0 fully saturated rings. The van der Waals surface area contributed by atoms with Crippen LogP contribution in [0.25, 0.3) is 0 Å². The summed E-state index contributed by atoms with van der Waals surface area (Å²) in [4.78, 5) is 22.3. The summed E-state index contributed by atoms with van der Waals surface area (Å²) in [5.74, 6) is -0.408. The van der Waals surface area contributed by atoms with E-state index < -0.39 is 12.0 Å². The third kappa shape index (κ3) is 7.78. The van der Waals surface area contributed by atoms with Crippen molar-refractivity contribution < 1.29 is 36.2 Å². The Morgan fingerprint density at radius 3 is 2.00 bits per heavy atom. The summed E-state index contributed by atoms with van der Waals surface area (Å²) in [6.07, 6.45) is 2.68. The Morgan fingerprint density at radius 1 is 0.933 bits per heavy atom. The number of hydrazine groups is 1. The molecule has 0 radical (unpaired) electrons. The molecule has 6 nitrogen and oxygen atoms in total. The second-order valence-corrected chi connectivity index (χ2v) is 9.46. The van der Waals surface area contributed by atoms with Crippen molar-refractivity contribution in [1.29, 1.82) is 0 Å². The fourth-order valence-corrected chi connectivity index (χ4v) is 2.99. The van der Waals surface area contributed by atoms with Crippen LogP contribution in [0.3, 0.4) is 0 Å². The molecule has 1 aromatic carbocycles. The molecule has 1 heterocycles. The summed E-state index contributed by atoms with van der Waals surface area (Å²) < 4.78 is 2.04. The number of carbonyl (C=O) groups is 2. The molecule has 0 spiro atoms. The fourth-order valence-electron chi connectivity index (χ4n) is 2.99. The van der Waals surface area contributed by atoms with Crippen molar-refractivity contribution in [2.24, 2.45) is 0 Å². The minimum absolute atomic E-state index is 0. The maximum Gasteiger partial charge on any atom is 0.423 e. The lowest BCUT2D eigenvalue weighted by Crippen LogP contribution is -3.00. The van der Waals surface area contributed by atoms with Gasteiger partial charge in [0.15, 0.2) is 18.9 Å². The SMILES string of the molecule is CC(C)(C)c1cc(C[n+]2cccc(CC(=O)NNC(=O)O)c2)cc(C(C)(C)C)c1.[Br-]. The predicted molar refractivity (Wildman–Crippen MR) is 113 cm³/mol. The lowest BCUT2D eigenvalue weighted by molar-refractivity contribution is -0.688. The highest BCUT2D eigenvalue weighted by Crippen LogP contribution is 2.30. The Kier molecular flexibility index (Phi) is 8.60. The van der Waals surface area contributed by atoms with E-state index in [1.165, 1.54) is 16.7 Å². The smallest absolute Gasteiger partial charge is 0.423 e. The molecule has 2 amide bonds. The van der Waals surface area contributed by atoms with Crippen molar-refractivity contribution in [3.63, 3.8) is 0 Å². The molecule has 0 atom stereocenters. The zero-order valence-corrected chi connectivity index (χ0v) is 20.1. The van der Waals surface area contributed by atoms with Crippen LogP contribution in [0, 0.1) is 0 Å². The van der Waals surface area contributed by atoms with Gasteiger partial charge in [-0.1, -0.05) is 47.6 Å². The number of halogens is 1. The van der Waals surface area contributed by atoms with E-state index >= 15 is 0 Å². The van der Waals surface area contributed by atoms with Gasteiger partial charge in [0.05, 0.1) is 6.42 Å². The second-order valence-electron chi connectivity index (χ2n) is 9.46. The normalized spacial score (nSPS) is 11.4. The van der Waals surface area contributed by atoms with Crippen molar-refractivity contribution in [2.45, 2.75) is 65.3 Å². The van der Waals surface area contributed by atoms with Crippen LogP contribution in [0.5, 0.6) is 0 Å². The number of rotatable bonds is 4. The zero-order valence-electron chi connectivity index (χ0n) is 18.5. The molecule has 2 aromatic rings. The van der Waals surface area contributed by atoms with Gasteiger partial charge in [-0.05, 0) is 40.2 Å². The number of carbonyl (C=O) groups excluding carboxylic acids is 1. The van der Waals surface area contributed by atoms with Gasteiger partial charge < -0.3 is 22.1 Å². The first-order chi connectivity index (χ1) is 13.3. The average Bonchev–Trinajstić information content (AvgIpc) is 2.58. The van der Waals surface area contributed by atoms with Gasteiger partial charge in [0.25, 0.3) is 0 Å². The first-order valence-corrected chi connectivity index (χ1v) is 9.75. The number of hydrogen-bond donors (Lipinski definition) is 3. The molecular weight excluding hydrogens is 446 g/mol. The van der Waals surface area contributed by atoms with Crippen LogP contribution in [0.1, 0.15) is 63.8 Å². The first-order valence-electron chi connectivity index (χ1n) is 9.75. The molecule has 30 heavy (non-hydrogen) atoms. The number of hydrogen-bond acceptors (Lipinski definition) is 2. The molecule has 0 unspecified atom stereocenters. The predicted octanol–water partition coefficient (Wildman–Crippen LogP) is 0.463. The van der Waals surface area contributed by atoms with Gasteiger partial charge in [0.1, 0.15) is 0 Å². The third-order valence-corrected chi connectivity index (χ3v) is 4.68. The van der Waals surface area contributed by atoms with Gasteiger partial charge in [-0.15, -0.1) is 0 Å². The van der Waals surface area contributed by atoms with Gasteiger partial charge in [-0.25, -0.2) is 14.8 Å². The molecule has 0 aliphatic rings.